The summed E-state index contributed by atoms with van der Waals surface area (Å²) < 4.78 is 33.6. The van der Waals surface area contributed by atoms with E-state index in [4.69, 9.17) is 62.7 Å². The first-order valence-electron chi connectivity index (χ1n) is 37.2. The highest BCUT2D eigenvalue weighted by Crippen LogP contribution is 2.34. The second kappa shape index (κ2) is 42.6. The van der Waals surface area contributed by atoms with Crippen LogP contribution < -0.4 is 36.6 Å². The lowest BCUT2D eigenvalue weighted by Crippen LogP contribution is -2.39. The zero-order chi connectivity index (χ0) is 83.5. The van der Waals surface area contributed by atoms with E-state index in [1.54, 1.807) is 151 Å². The van der Waals surface area contributed by atoms with Gasteiger partial charge in [0.2, 0.25) is 10.0 Å². The van der Waals surface area contributed by atoms with E-state index in [0.29, 0.717) is 99.6 Å². The Kier molecular flexibility index (Phi) is 30.7. The summed E-state index contributed by atoms with van der Waals surface area (Å²) in [6.07, 6.45) is 19.8. The van der Waals surface area contributed by atoms with E-state index in [1.807, 2.05) is 85.1 Å². The third-order valence-corrected chi connectivity index (χ3v) is 20.8. The molecule has 4 amide bonds. The molecule has 1 saturated heterocycles. The highest BCUT2D eigenvalue weighted by Gasteiger charge is 2.20. The van der Waals surface area contributed by atoms with Crippen molar-refractivity contribution < 1.29 is 37.4 Å². The Labute approximate surface area is 711 Å². The predicted octanol–water partition coefficient (Wildman–Crippen LogP) is 17.2. The van der Waals surface area contributed by atoms with Crippen LogP contribution in [-0.4, -0.2) is 152 Å². The smallest absolute Gasteiger partial charge is 0.257 e. The molecule has 5 aromatic carbocycles. The molecule has 0 radical (unpaired) electrons. The Morgan fingerprint density at radius 3 is 1.35 bits per heavy atom. The normalized spacial score (nSPS) is 12.5. The van der Waals surface area contributed by atoms with E-state index in [1.165, 1.54) is 43.6 Å². The standard InChI is InChI=1S/C23H23Cl2N5O2.C23H20ClN5O.C21H20ClN3O4S.C20H14ClN5O/c24-19-5-4-17(14-18(19)21-3-1-2-6-26-21)29-23(31)16-13-20(25)22(28-15-16)27-7-8-30-9-11-32-12-10-30;24-20-8-7-18(14-19(20)21-5-1-2-11-26-21)29-23(30)16-6-9-22(28-15-16)27-13-10-17-4-3-12-25-17;1-14(26)13-24-30(28,29)17-8-5-15(6-9-17)21(27)25-16-7-10-19(22)18(12-16)20-4-2-3-11-23-20;21-17-7-6-15(12-16(17)18-4-1-2-9-22-18)25-20(27)14-5-8-19(23-13-14)26-11-3-10-24-26/h1-6,13-15H,7-12H2,(H,27,28)(H,29,31);1-2,4-9,11-12,14-15H,3,10,13H2,(H,27,28)(H,29,30);2-12,14,24,26H,13H2,1H3,(H,25,27);1-13H,(H,25,27)/t;;14-;/m..1./s1. The number of nitrogens with one attached hydrogen (secondary N) is 7. The molecular formula is C87H77Cl5N18O8S. The fourth-order valence-corrected chi connectivity index (χ4v) is 13.8. The van der Waals surface area contributed by atoms with Crippen molar-refractivity contribution in [2.24, 2.45) is 4.99 Å². The molecule has 13 aromatic rings. The minimum Gasteiger partial charge on any atom is -0.392 e. The molecule has 604 valence electrons. The van der Waals surface area contributed by atoms with Crippen LogP contribution in [0.15, 0.2) is 284 Å². The fourth-order valence-electron chi connectivity index (χ4n) is 11.6. The van der Waals surface area contributed by atoms with E-state index in [9.17, 15) is 32.7 Å². The summed E-state index contributed by atoms with van der Waals surface area (Å²) in [4.78, 5) is 87.2. The first-order valence-corrected chi connectivity index (χ1v) is 40.6. The van der Waals surface area contributed by atoms with Crippen LogP contribution in [0.3, 0.4) is 0 Å². The lowest BCUT2D eigenvalue weighted by Gasteiger charge is -2.26. The van der Waals surface area contributed by atoms with Gasteiger partial charge in [-0.05, 0) is 189 Å². The van der Waals surface area contributed by atoms with Gasteiger partial charge in [-0.25, -0.2) is 32.8 Å². The van der Waals surface area contributed by atoms with Crippen molar-refractivity contribution in [3.05, 3.63) is 321 Å². The number of aliphatic hydroxyl groups is 1. The zero-order valence-corrected chi connectivity index (χ0v) is 68.2. The monoisotopic (exact) mass is 1710 g/mol. The molecule has 0 aliphatic carbocycles. The van der Waals surface area contributed by atoms with Crippen molar-refractivity contribution in [2.75, 3.05) is 84.4 Å². The number of pyridine rings is 7. The first kappa shape index (κ1) is 85.8. The topological polar surface area (TPSA) is 340 Å². The van der Waals surface area contributed by atoms with Gasteiger partial charge in [0.05, 0.1) is 88.8 Å². The number of allylic oxidation sites excluding steroid dienone is 1. The molecule has 2 aliphatic heterocycles. The van der Waals surface area contributed by atoms with Crippen LogP contribution in [0.25, 0.3) is 50.8 Å². The third kappa shape index (κ3) is 25.0. The number of amides is 4. The van der Waals surface area contributed by atoms with Gasteiger partial charge in [-0.3, -0.25) is 49.0 Å². The van der Waals surface area contributed by atoms with Gasteiger partial charge < -0.3 is 41.7 Å². The lowest BCUT2D eigenvalue weighted by atomic mass is 10.1. The van der Waals surface area contributed by atoms with Crippen molar-refractivity contribution in [3.63, 3.8) is 0 Å². The quantitative estimate of drug-likeness (QED) is 0.0263. The number of hydrogen-bond acceptors (Lipinski definition) is 20. The number of sulfonamides is 1. The first-order chi connectivity index (χ1) is 57.7. The van der Waals surface area contributed by atoms with Crippen molar-refractivity contribution in [2.45, 2.75) is 30.8 Å². The van der Waals surface area contributed by atoms with Crippen LogP contribution in [0.5, 0.6) is 0 Å². The minimum absolute atomic E-state index is 0.00336. The molecule has 8 N–H and O–H groups in total. The van der Waals surface area contributed by atoms with Gasteiger partial charge >= 0.3 is 0 Å². The summed E-state index contributed by atoms with van der Waals surface area (Å²) in [6, 6.07) is 59.1. The molecule has 0 unspecified atom stereocenters. The fraction of sp³-hybridized carbons (Fsp3) is 0.138. The van der Waals surface area contributed by atoms with Crippen LogP contribution in [0, 0.1) is 0 Å². The number of morpholine rings is 1. The molecule has 0 bridgehead atoms. The average Bonchev–Trinajstić information content (AvgIpc) is 1.75. The van der Waals surface area contributed by atoms with Crippen LogP contribution >= 0.6 is 58.0 Å². The number of carbonyl (C=O) groups is 4. The van der Waals surface area contributed by atoms with E-state index in [2.05, 4.69) is 92.6 Å². The van der Waals surface area contributed by atoms with Crippen molar-refractivity contribution in [1.29, 1.82) is 0 Å². The Bertz CT molecular complexity index is 5800. The van der Waals surface area contributed by atoms with Crippen molar-refractivity contribution in [3.8, 4) is 50.8 Å². The Morgan fingerprint density at radius 2 is 0.941 bits per heavy atom. The summed E-state index contributed by atoms with van der Waals surface area (Å²) in [5, 5.41) is 33.8. The Hall–Kier alpha value is -12.5. The molecule has 0 saturated carbocycles. The largest absolute Gasteiger partial charge is 0.392 e. The Morgan fingerprint density at radius 1 is 0.479 bits per heavy atom. The van der Waals surface area contributed by atoms with Crippen molar-refractivity contribution in [1.82, 2.24) is 54.3 Å². The number of benzene rings is 5. The second-order valence-electron chi connectivity index (χ2n) is 26.3. The molecule has 1 fully saturated rings. The summed E-state index contributed by atoms with van der Waals surface area (Å²) in [5.41, 5.74) is 10.9. The summed E-state index contributed by atoms with van der Waals surface area (Å²) in [6.45, 7) is 7.08. The van der Waals surface area contributed by atoms with Gasteiger partial charge in [-0.15, -0.1) is 0 Å². The average molecular weight is 1710 g/mol. The van der Waals surface area contributed by atoms with Gasteiger partial charge in [0.25, 0.3) is 23.6 Å². The minimum atomic E-state index is -3.76. The summed E-state index contributed by atoms with van der Waals surface area (Å²) >= 11 is 31.5. The molecule has 8 aromatic heterocycles. The molecule has 1 atom stereocenters. The van der Waals surface area contributed by atoms with Gasteiger partial charge in [0, 0.05) is 170 Å². The number of rotatable bonds is 25. The highest BCUT2D eigenvalue weighted by atomic mass is 35.5. The molecule has 32 heteroatoms. The summed E-state index contributed by atoms with van der Waals surface area (Å²) in [5.74, 6) is 0.704. The van der Waals surface area contributed by atoms with Crippen LogP contribution in [-0.2, 0) is 14.8 Å². The van der Waals surface area contributed by atoms with Crippen molar-refractivity contribution >= 4 is 132 Å². The molecule has 0 spiro atoms. The number of ether oxygens (including phenoxy) is 1. The van der Waals surface area contributed by atoms with E-state index in [-0.39, 0.29) is 29.2 Å². The van der Waals surface area contributed by atoms with Crippen LogP contribution in [0.4, 0.5) is 34.4 Å². The number of aliphatic hydroxyl groups excluding tert-OH is 1. The summed E-state index contributed by atoms with van der Waals surface area (Å²) in [7, 11) is -3.76. The van der Waals surface area contributed by atoms with E-state index < -0.39 is 22.0 Å². The number of nitrogens with zero attached hydrogens (tertiary/aromatic N) is 11. The Balaban J connectivity index is 0.000000146. The van der Waals surface area contributed by atoms with Gasteiger partial charge in [0.1, 0.15) is 11.6 Å². The van der Waals surface area contributed by atoms with Crippen LogP contribution in [0.1, 0.15) is 61.2 Å². The van der Waals surface area contributed by atoms with E-state index >= 15 is 0 Å². The molecule has 10 heterocycles. The van der Waals surface area contributed by atoms with Gasteiger partial charge in [-0.2, -0.15) is 5.10 Å². The number of aromatic nitrogens is 9. The second-order valence-corrected chi connectivity index (χ2v) is 30.1. The number of halogens is 5. The molecule has 119 heavy (non-hydrogen) atoms. The third-order valence-electron chi connectivity index (χ3n) is 17.8. The van der Waals surface area contributed by atoms with Gasteiger partial charge in [0.15, 0.2) is 5.82 Å². The molecule has 2 aliphatic rings. The lowest BCUT2D eigenvalue weighted by molar-refractivity contribution is 0.0398. The number of aliphatic imine (C=N–C) groups is 1. The maximum Gasteiger partial charge on any atom is 0.257 e. The SMILES string of the molecule is C[C@@H](O)CNS(=O)(=O)c1ccc(C(=O)Nc2ccc(Cl)c(-c3ccccn3)c2)cc1.O=C(Nc1ccc(Cl)c(-c2ccccn2)c1)c1ccc(-n2cccn2)nc1.O=C(Nc1ccc(Cl)c(-c2ccccn2)c1)c1ccc(NCCC2=CCC=N2)nc1.O=C(Nc1ccc(Cl)c(-c2ccccn2)c1)c1cnc(NCCN2CCOCC2)c(Cl)c1. The van der Waals surface area contributed by atoms with Gasteiger partial charge in [-0.1, -0.05) is 88.3 Å². The molecule has 26 nitrogen and oxygen atoms in total. The number of anilines is 6. The molecule has 15 rings (SSSR count). The number of carbonyl (C=O) groups excluding carboxylic acids is 4. The maximum atomic E-state index is 12.7. The highest BCUT2D eigenvalue weighted by molar-refractivity contribution is 7.89. The zero-order valence-electron chi connectivity index (χ0n) is 63.7. The van der Waals surface area contributed by atoms with Crippen LogP contribution in [0.2, 0.25) is 25.1 Å². The maximum absolute atomic E-state index is 12.7. The molecular weight excluding hydrogens is 1630 g/mol. The predicted molar refractivity (Wildman–Crippen MR) is 469 cm³/mol. The number of hydrogen-bond donors (Lipinski definition) is 8. The van der Waals surface area contributed by atoms with E-state index in [0.717, 1.165) is 97.5 Å².